The molecule has 1 N–H and O–H groups in total. The zero-order valence-electron chi connectivity index (χ0n) is 17.1. The average molecular weight is 453 g/mol. The number of sulfone groups is 1. The molecule has 158 valence electrons. The second-order valence-corrected chi connectivity index (χ2v) is 9.62. The summed E-state index contributed by atoms with van der Waals surface area (Å²) in [5.41, 5.74) is 3.87. The van der Waals surface area contributed by atoms with E-state index in [1.165, 1.54) is 24.3 Å². The largest absolute Gasteiger partial charge is 0.419 e. The van der Waals surface area contributed by atoms with Gasteiger partial charge < -0.3 is 9.73 Å². The Morgan fingerprint density at radius 2 is 1.65 bits per heavy atom. The monoisotopic (exact) mass is 452 g/mol. The van der Waals surface area contributed by atoms with E-state index in [2.05, 4.69) is 10.3 Å². The number of benzene rings is 3. The highest BCUT2D eigenvalue weighted by Crippen LogP contribution is 2.33. The van der Waals surface area contributed by atoms with E-state index in [9.17, 15) is 8.42 Å². The van der Waals surface area contributed by atoms with E-state index < -0.39 is 9.84 Å². The van der Waals surface area contributed by atoms with Crippen LogP contribution in [0.3, 0.4) is 0 Å². The van der Waals surface area contributed by atoms with Crippen molar-refractivity contribution in [2.45, 2.75) is 30.3 Å². The number of aryl methyl sites for hydroxylation is 2. The molecule has 0 saturated carbocycles. The lowest BCUT2D eigenvalue weighted by molar-refractivity contribution is 0.576. The molecule has 0 spiro atoms. The summed E-state index contributed by atoms with van der Waals surface area (Å²) < 4.78 is 32.6. The maximum Gasteiger partial charge on any atom is 0.234 e. The third-order valence-electron chi connectivity index (χ3n) is 4.81. The van der Waals surface area contributed by atoms with Crippen LogP contribution in [0.2, 0.25) is 5.02 Å². The summed E-state index contributed by atoms with van der Waals surface area (Å²) in [6.07, 6.45) is 0. The molecule has 4 aromatic rings. The predicted octanol–water partition coefficient (Wildman–Crippen LogP) is 6.06. The summed E-state index contributed by atoms with van der Waals surface area (Å²) in [6, 6.07) is 21.5. The Morgan fingerprint density at radius 1 is 0.935 bits per heavy atom. The molecule has 3 aromatic carbocycles. The van der Waals surface area contributed by atoms with Crippen LogP contribution in [-0.2, 0) is 16.4 Å². The Kier molecular flexibility index (Phi) is 5.85. The first kappa shape index (κ1) is 21.2. The highest BCUT2D eigenvalue weighted by atomic mass is 35.5. The van der Waals surface area contributed by atoms with Gasteiger partial charge in [-0.3, -0.25) is 0 Å². The minimum Gasteiger partial charge on any atom is -0.419 e. The minimum absolute atomic E-state index is 0.0966. The third-order valence-corrected chi connectivity index (χ3v) is 6.74. The first-order valence-electron chi connectivity index (χ1n) is 9.71. The zero-order chi connectivity index (χ0) is 22.0. The van der Waals surface area contributed by atoms with Crippen molar-refractivity contribution >= 4 is 27.3 Å². The highest BCUT2D eigenvalue weighted by Gasteiger charge is 2.28. The number of hydrogen-bond acceptors (Lipinski definition) is 5. The summed E-state index contributed by atoms with van der Waals surface area (Å²) in [6.45, 7) is 4.36. The number of nitrogens with zero attached hydrogens (tertiary/aromatic N) is 1. The van der Waals surface area contributed by atoms with Gasteiger partial charge >= 0.3 is 0 Å². The van der Waals surface area contributed by atoms with Crippen molar-refractivity contribution < 1.29 is 12.8 Å². The molecule has 0 fully saturated rings. The number of oxazole rings is 1. The van der Waals surface area contributed by atoms with Gasteiger partial charge in [0.15, 0.2) is 0 Å². The number of nitrogens with one attached hydrogen (secondary N) is 1. The molecular weight excluding hydrogens is 432 g/mol. The Labute approximate surface area is 186 Å². The molecular formula is C24H21ClN2O3S. The fourth-order valence-corrected chi connectivity index (χ4v) is 4.52. The second kappa shape index (κ2) is 8.57. The van der Waals surface area contributed by atoms with Crippen molar-refractivity contribution in [2.24, 2.45) is 0 Å². The molecule has 0 atom stereocenters. The molecule has 7 heteroatoms. The fourth-order valence-electron chi connectivity index (χ4n) is 3.12. The number of anilines is 1. The summed E-state index contributed by atoms with van der Waals surface area (Å²) in [5, 5.41) is 3.41. The molecule has 1 aromatic heterocycles. The molecule has 0 aliphatic carbocycles. The first-order chi connectivity index (χ1) is 14.8. The van der Waals surface area contributed by atoms with Gasteiger partial charge in [0, 0.05) is 17.1 Å². The number of halogens is 1. The van der Waals surface area contributed by atoms with E-state index in [4.69, 9.17) is 16.0 Å². The maximum atomic E-state index is 13.3. The molecule has 0 saturated heterocycles. The van der Waals surface area contributed by atoms with E-state index in [1.807, 2.05) is 62.4 Å². The number of rotatable bonds is 6. The van der Waals surface area contributed by atoms with Crippen molar-refractivity contribution in [2.75, 3.05) is 5.32 Å². The van der Waals surface area contributed by atoms with Gasteiger partial charge in [0.05, 0.1) is 4.90 Å². The van der Waals surface area contributed by atoms with E-state index in [1.54, 1.807) is 0 Å². The standard InChI is InChI=1S/C24H21ClN2O3S/c1-16-6-8-18(9-7-16)15-26-23-24(31(28,29)21-12-10-20(25)11-13-21)27-22(30-23)19-5-3-4-17(2)14-19/h3-14,26H,15H2,1-2H3. The van der Waals surface area contributed by atoms with Crippen LogP contribution in [0.4, 0.5) is 5.88 Å². The number of hydrogen-bond donors (Lipinski definition) is 1. The van der Waals surface area contributed by atoms with Gasteiger partial charge in [-0.2, -0.15) is 4.98 Å². The lowest BCUT2D eigenvalue weighted by Gasteiger charge is -2.07. The zero-order valence-corrected chi connectivity index (χ0v) is 18.7. The molecule has 0 amide bonds. The lowest BCUT2D eigenvalue weighted by Crippen LogP contribution is -2.07. The molecule has 0 aliphatic rings. The Bertz CT molecular complexity index is 1310. The highest BCUT2D eigenvalue weighted by molar-refractivity contribution is 7.91. The predicted molar refractivity (Wildman–Crippen MR) is 122 cm³/mol. The average Bonchev–Trinajstić information content (AvgIpc) is 3.19. The molecule has 1 heterocycles. The van der Waals surface area contributed by atoms with E-state index in [-0.39, 0.29) is 21.7 Å². The first-order valence-corrected chi connectivity index (χ1v) is 11.6. The lowest BCUT2D eigenvalue weighted by atomic mass is 10.1. The summed E-state index contributed by atoms with van der Waals surface area (Å²) in [5.74, 6) is 0.342. The summed E-state index contributed by atoms with van der Waals surface area (Å²) in [7, 11) is -3.92. The van der Waals surface area contributed by atoms with Gasteiger partial charge in [0.2, 0.25) is 26.6 Å². The van der Waals surface area contributed by atoms with Crippen LogP contribution in [0.1, 0.15) is 16.7 Å². The third kappa shape index (κ3) is 4.65. The van der Waals surface area contributed by atoms with Crippen molar-refractivity contribution in [3.05, 3.63) is 94.5 Å². The van der Waals surface area contributed by atoms with E-state index in [0.717, 1.165) is 16.7 Å². The SMILES string of the molecule is Cc1ccc(CNc2oc(-c3cccc(C)c3)nc2S(=O)(=O)c2ccc(Cl)cc2)cc1. The van der Waals surface area contributed by atoms with Gasteiger partial charge in [-0.25, -0.2) is 8.42 Å². The van der Waals surface area contributed by atoms with Crippen LogP contribution in [0.5, 0.6) is 0 Å². The molecule has 0 bridgehead atoms. The van der Waals surface area contributed by atoms with Gasteiger partial charge in [-0.15, -0.1) is 0 Å². The molecule has 0 aliphatic heterocycles. The minimum atomic E-state index is -3.92. The summed E-state index contributed by atoms with van der Waals surface area (Å²) >= 11 is 5.93. The van der Waals surface area contributed by atoms with Crippen LogP contribution >= 0.6 is 11.6 Å². The Balaban J connectivity index is 1.76. The van der Waals surface area contributed by atoms with Crippen LogP contribution in [-0.4, -0.2) is 13.4 Å². The second-order valence-electron chi connectivity index (χ2n) is 7.32. The van der Waals surface area contributed by atoms with Crippen molar-refractivity contribution in [3.63, 3.8) is 0 Å². The van der Waals surface area contributed by atoms with Gasteiger partial charge in [-0.05, 0) is 55.8 Å². The van der Waals surface area contributed by atoms with E-state index >= 15 is 0 Å². The Hall–Kier alpha value is -3.09. The van der Waals surface area contributed by atoms with Gasteiger partial charge in [-0.1, -0.05) is 59.1 Å². The van der Waals surface area contributed by atoms with Crippen LogP contribution < -0.4 is 5.32 Å². The quantitative estimate of drug-likeness (QED) is 0.385. The normalized spacial score (nSPS) is 11.5. The molecule has 5 nitrogen and oxygen atoms in total. The smallest absolute Gasteiger partial charge is 0.234 e. The van der Waals surface area contributed by atoms with Crippen LogP contribution in [0.25, 0.3) is 11.5 Å². The van der Waals surface area contributed by atoms with Crippen molar-refractivity contribution in [3.8, 4) is 11.5 Å². The molecule has 0 unspecified atom stereocenters. The van der Waals surface area contributed by atoms with Gasteiger partial charge in [0.25, 0.3) is 0 Å². The van der Waals surface area contributed by atoms with Crippen LogP contribution in [0.15, 0.2) is 87.1 Å². The maximum absolute atomic E-state index is 13.3. The topological polar surface area (TPSA) is 72.2 Å². The number of aromatic nitrogens is 1. The summed E-state index contributed by atoms with van der Waals surface area (Å²) in [4.78, 5) is 4.46. The molecule has 0 radical (unpaired) electrons. The van der Waals surface area contributed by atoms with Crippen molar-refractivity contribution in [1.82, 2.24) is 4.98 Å². The molecule has 31 heavy (non-hydrogen) atoms. The van der Waals surface area contributed by atoms with Crippen molar-refractivity contribution in [1.29, 1.82) is 0 Å². The van der Waals surface area contributed by atoms with E-state index in [0.29, 0.717) is 17.1 Å². The van der Waals surface area contributed by atoms with Crippen LogP contribution in [0, 0.1) is 13.8 Å². The Morgan fingerprint density at radius 3 is 2.32 bits per heavy atom. The fraction of sp³-hybridized carbons (Fsp3) is 0.125. The molecule has 4 rings (SSSR count). The van der Waals surface area contributed by atoms with Gasteiger partial charge in [0.1, 0.15) is 0 Å².